The molecule has 176 valence electrons. The Balaban J connectivity index is 2.65. The SMILES string of the molecule is Cc1ccccc1N(C(=O)c1c(C)cccc1[N+](=O)[O-])C(=O)[C@H](CCC(C)(C)C)OC(N)=O. The minimum atomic E-state index is -1.34. The Labute approximate surface area is 192 Å². The predicted octanol–water partition coefficient (Wildman–Crippen LogP) is 4.68. The predicted molar refractivity (Wildman–Crippen MR) is 124 cm³/mol. The molecule has 0 aromatic heterocycles. The summed E-state index contributed by atoms with van der Waals surface area (Å²) in [4.78, 5) is 50.7. The van der Waals surface area contributed by atoms with Gasteiger partial charge >= 0.3 is 6.09 Å². The van der Waals surface area contributed by atoms with Crippen molar-refractivity contribution in [3.63, 3.8) is 0 Å². The molecule has 2 N–H and O–H groups in total. The fraction of sp³-hybridized carbons (Fsp3) is 0.375. The molecule has 0 unspecified atom stereocenters. The maximum absolute atomic E-state index is 13.7. The highest BCUT2D eigenvalue weighted by Gasteiger charge is 2.37. The number of carbonyl (C=O) groups excluding carboxylic acids is 3. The van der Waals surface area contributed by atoms with Crippen LogP contribution in [0.3, 0.4) is 0 Å². The second-order valence-electron chi connectivity index (χ2n) is 9.02. The highest BCUT2D eigenvalue weighted by Crippen LogP contribution is 2.30. The van der Waals surface area contributed by atoms with Gasteiger partial charge in [0, 0.05) is 6.07 Å². The molecule has 2 aromatic rings. The van der Waals surface area contributed by atoms with Gasteiger partial charge in [-0.1, -0.05) is 51.1 Å². The first-order valence-electron chi connectivity index (χ1n) is 10.5. The number of amides is 3. The molecule has 1 atom stereocenters. The van der Waals surface area contributed by atoms with Crippen LogP contribution in [-0.4, -0.2) is 28.9 Å². The van der Waals surface area contributed by atoms with E-state index < -0.39 is 34.6 Å². The molecule has 2 rings (SSSR count). The molecule has 3 amide bonds. The number of rotatable bonds is 7. The van der Waals surface area contributed by atoms with Crippen LogP contribution in [-0.2, 0) is 9.53 Å². The Bertz CT molecular complexity index is 1070. The zero-order chi connectivity index (χ0) is 24.9. The lowest BCUT2D eigenvalue weighted by Gasteiger charge is -2.28. The number of hydrogen-bond acceptors (Lipinski definition) is 6. The minimum absolute atomic E-state index is 0.122. The maximum Gasteiger partial charge on any atom is 0.405 e. The van der Waals surface area contributed by atoms with Crippen LogP contribution in [0.1, 0.15) is 55.1 Å². The Kier molecular flexibility index (Phi) is 7.92. The zero-order valence-electron chi connectivity index (χ0n) is 19.5. The van der Waals surface area contributed by atoms with Crippen LogP contribution in [0.4, 0.5) is 16.2 Å². The lowest BCUT2D eigenvalue weighted by atomic mass is 9.89. The Morgan fingerprint density at radius 3 is 2.21 bits per heavy atom. The van der Waals surface area contributed by atoms with Crippen molar-refractivity contribution in [1.29, 1.82) is 0 Å². The summed E-state index contributed by atoms with van der Waals surface area (Å²) in [6.07, 6.45) is -1.87. The summed E-state index contributed by atoms with van der Waals surface area (Å²) >= 11 is 0. The molecule has 0 saturated carbocycles. The van der Waals surface area contributed by atoms with E-state index in [9.17, 15) is 24.5 Å². The van der Waals surface area contributed by atoms with Crippen LogP contribution in [0.15, 0.2) is 42.5 Å². The number of imide groups is 1. The normalized spacial score (nSPS) is 12.0. The van der Waals surface area contributed by atoms with Gasteiger partial charge in [0.2, 0.25) is 0 Å². The average molecular weight is 456 g/mol. The van der Waals surface area contributed by atoms with Gasteiger partial charge in [0.05, 0.1) is 10.6 Å². The summed E-state index contributed by atoms with van der Waals surface area (Å²) in [5.74, 6) is -1.71. The first-order valence-corrected chi connectivity index (χ1v) is 10.5. The number of ether oxygens (including phenoxy) is 1. The number of benzene rings is 2. The molecular formula is C24H29N3O6. The van der Waals surface area contributed by atoms with Crippen LogP contribution in [0.2, 0.25) is 0 Å². The topological polar surface area (TPSA) is 133 Å². The monoisotopic (exact) mass is 455 g/mol. The molecule has 33 heavy (non-hydrogen) atoms. The van der Waals surface area contributed by atoms with Crippen molar-refractivity contribution in [3.05, 3.63) is 69.3 Å². The summed E-state index contributed by atoms with van der Waals surface area (Å²) in [5.41, 5.74) is 5.54. The summed E-state index contributed by atoms with van der Waals surface area (Å²) in [6.45, 7) is 9.13. The molecular weight excluding hydrogens is 426 g/mol. The number of para-hydroxylation sites is 1. The number of nitro benzene ring substituents is 1. The molecule has 0 spiro atoms. The van der Waals surface area contributed by atoms with Crippen LogP contribution in [0.5, 0.6) is 0 Å². The van der Waals surface area contributed by atoms with Gasteiger partial charge in [0.1, 0.15) is 5.56 Å². The summed E-state index contributed by atoms with van der Waals surface area (Å²) in [5, 5.41) is 11.6. The second-order valence-corrected chi connectivity index (χ2v) is 9.02. The smallest absolute Gasteiger partial charge is 0.405 e. The molecule has 0 bridgehead atoms. The highest BCUT2D eigenvalue weighted by atomic mass is 16.6. The minimum Gasteiger partial charge on any atom is -0.436 e. The fourth-order valence-electron chi connectivity index (χ4n) is 3.42. The van der Waals surface area contributed by atoms with Gasteiger partial charge in [0.15, 0.2) is 6.10 Å². The fourth-order valence-corrected chi connectivity index (χ4v) is 3.42. The largest absolute Gasteiger partial charge is 0.436 e. The molecule has 0 radical (unpaired) electrons. The van der Waals surface area contributed by atoms with Crippen molar-refractivity contribution in [3.8, 4) is 0 Å². The second kappa shape index (κ2) is 10.2. The van der Waals surface area contributed by atoms with Crippen LogP contribution in [0.25, 0.3) is 0 Å². The molecule has 0 aliphatic carbocycles. The molecule has 0 heterocycles. The first-order chi connectivity index (χ1) is 15.3. The first kappa shape index (κ1) is 25.5. The van der Waals surface area contributed by atoms with E-state index in [1.165, 1.54) is 12.1 Å². The van der Waals surface area contributed by atoms with Gasteiger partial charge in [-0.15, -0.1) is 0 Å². The van der Waals surface area contributed by atoms with Crippen molar-refractivity contribution < 1.29 is 24.0 Å². The molecule has 9 heteroatoms. The maximum atomic E-state index is 13.7. The summed E-state index contributed by atoms with van der Waals surface area (Å²) in [7, 11) is 0. The Morgan fingerprint density at radius 1 is 1.06 bits per heavy atom. The standard InChI is InChI=1S/C24H29N3O6/c1-15-9-6-7-11-17(15)26(21(28)19(33-23(25)30)13-14-24(3,4)5)22(29)20-16(2)10-8-12-18(20)27(31)32/h6-12,19H,13-14H2,1-5H3,(H2,25,30)/t19-/m0/s1. The number of nitrogens with zero attached hydrogens (tertiary/aromatic N) is 2. The number of carbonyl (C=O) groups is 3. The van der Waals surface area contributed by atoms with Crippen LogP contribution >= 0.6 is 0 Å². The molecule has 2 aromatic carbocycles. The third-order valence-electron chi connectivity index (χ3n) is 5.13. The van der Waals surface area contributed by atoms with E-state index in [2.05, 4.69) is 0 Å². The molecule has 9 nitrogen and oxygen atoms in total. The van der Waals surface area contributed by atoms with Gasteiger partial charge in [0.25, 0.3) is 17.5 Å². The Morgan fingerprint density at radius 2 is 1.67 bits per heavy atom. The van der Waals surface area contributed by atoms with E-state index in [0.717, 1.165) is 4.90 Å². The van der Waals surface area contributed by atoms with E-state index in [1.54, 1.807) is 44.2 Å². The highest BCUT2D eigenvalue weighted by molar-refractivity contribution is 6.24. The van der Waals surface area contributed by atoms with Gasteiger partial charge in [-0.25, -0.2) is 9.69 Å². The number of anilines is 1. The van der Waals surface area contributed by atoms with E-state index in [0.29, 0.717) is 17.5 Å². The van der Waals surface area contributed by atoms with Gasteiger partial charge in [-0.05, 0) is 49.3 Å². The number of primary amides is 1. The van der Waals surface area contributed by atoms with Gasteiger partial charge in [-0.3, -0.25) is 19.7 Å². The lowest BCUT2D eigenvalue weighted by molar-refractivity contribution is -0.385. The Hall–Kier alpha value is -3.75. The van der Waals surface area contributed by atoms with Gasteiger partial charge < -0.3 is 10.5 Å². The number of aryl methyl sites for hydroxylation is 2. The van der Waals surface area contributed by atoms with Crippen molar-refractivity contribution >= 4 is 29.3 Å². The zero-order valence-corrected chi connectivity index (χ0v) is 19.5. The third-order valence-corrected chi connectivity index (χ3v) is 5.13. The average Bonchev–Trinajstić information content (AvgIpc) is 2.71. The third kappa shape index (κ3) is 6.38. The van der Waals surface area contributed by atoms with Crippen LogP contribution in [0, 0.1) is 29.4 Å². The number of hydrogen-bond donors (Lipinski definition) is 1. The summed E-state index contributed by atoms with van der Waals surface area (Å²) < 4.78 is 5.11. The lowest BCUT2D eigenvalue weighted by Crippen LogP contribution is -2.46. The quantitative estimate of drug-likeness (QED) is 0.476. The van der Waals surface area contributed by atoms with Crippen molar-refractivity contribution in [1.82, 2.24) is 0 Å². The van der Waals surface area contributed by atoms with Crippen molar-refractivity contribution in [2.75, 3.05) is 4.90 Å². The number of nitro groups is 1. The van der Waals surface area contributed by atoms with E-state index in [-0.39, 0.29) is 23.1 Å². The molecule has 0 fully saturated rings. The van der Waals surface area contributed by atoms with Crippen molar-refractivity contribution in [2.24, 2.45) is 11.1 Å². The molecule has 0 aliphatic heterocycles. The van der Waals surface area contributed by atoms with E-state index >= 15 is 0 Å². The van der Waals surface area contributed by atoms with E-state index in [1.807, 2.05) is 20.8 Å². The van der Waals surface area contributed by atoms with E-state index in [4.69, 9.17) is 10.5 Å². The number of nitrogens with two attached hydrogens (primary N) is 1. The molecule has 0 saturated heterocycles. The van der Waals surface area contributed by atoms with Gasteiger partial charge in [-0.2, -0.15) is 0 Å². The molecule has 0 aliphatic rings. The van der Waals surface area contributed by atoms with Crippen molar-refractivity contribution in [2.45, 2.75) is 53.6 Å². The van der Waals surface area contributed by atoms with Crippen LogP contribution < -0.4 is 10.6 Å². The summed E-state index contributed by atoms with van der Waals surface area (Å²) in [6, 6.07) is 10.9.